The summed E-state index contributed by atoms with van der Waals surface area (Å²) < 4.78 is 6.22. The van der Waals surface area contributed by atoms with Gasteiger partial charge in [-0.1, -0.05) is 73.2 Å². The second kappa shape index (κ2) is 8.57. The minimum atomic E-state index is -0.129. The maximum atomic E-state index is 6.22. The molecule has 0 amide bonds. The lowest BCUT2D eigenvalue weighted by Crippen LogP contribution is -2.35. The smallest absolute Gasteiger partial charge is 0.216 e. The van der Waals surface area contributed by atoms with Crippen molar-refractivity contribution < 1.29 is 4.74 Å². The first-order valence-corrected chi connectivity index (χ1v) is 9.27. The fourth-order valence-electron chi connectivity index (χ4n) is 2.71. The van der Waals surface area contributed by atoms with E-state index in [1.807, 2.05) is 18.2 Å². The number of hydrogen-bond donors (Lipinski definition) is 0. The zero-order valence-corrected chi connectivity index (χ0v) is 14.6. The number of benzene rings is 1. The van der Waals surface area contributed by atoms with Crippen molar-refractivity contribution in [2.24, 2.45) is 4.99 Å². The van der Waals surface area contributed by atoms with Crippen LogP contribution < -0.4 is 0 Å². The lowest BCUT2D eigenvalue weighted by Gasteiger charge is -2.26. The van der Waals surface area contributed by atoms with E-state index in [1.165, 1.54) is 38.5 Å². The highest BCUT2D eigenvalue weighted by Crippen LogP contribution is 2.29. The van der Waals surface area contributed by atoms with Gasteiger partial charge in [-0.25, -0.2) is 4.99 Å². The number of ether oxygens (including phenoxy) is 1. The number of unbranched alkanes of at least 4 members (excludes halogenated alkanes) is 5. The third-order valence-corrected chi connectivity index (χ3v) is 5.10. The van der Waals surface area contributed by atoms with E-state index in [0.29, 0.717) is 0 Å². The molecule has 0 N–H and O–H groups in total. The van der Waals surface area contributed by atoms with Gasteiger partial charge in [0.1, 0.15) is 5.60 Å². The van der Waals surface area contributed by atoms with Gasteiger partial charge in [0.05, 0.1) is 6.54 Å². The van der Waals surface area contributed by atoms with Gasteiger partial charge in [0.2, 0.25) is 5.90 Å². The van der Waals surface area contributed by atoms with E-state index in [2.05, 4.69) is 40.0 Å². The minimum Gasteiger partial charge on any atom is -0.468 e. The van der Waals surface area contributed by atoms with Gasteiger partial charge in [0.15, 0.2) is 0 Å². The van der Waals surface area contributed by atoms with Crippen LogP contribution in [-0.2, 0) is 4.74 Å². The monoisotopic (exact) mass is 351 g/mol. The molecule has 0 bridgehead atoms. The molecule has 3 heteroatoms. The first kappa shape index (κ1) is 16.5. The molecule has 0 saturated heterocycles. The summed E-state index contributed by atoms with van der Waals surface area (Å²) in [5.74, 6) is 0.807. The summed E-state index contributed by atoms with van der Waals surface area (Å²) in [5.41, 5.74) is 0.957. The van der Waals surface area contributed by atoms with Crippen LogP contribution in [-0.4, -0.2) is 23.4 Å². The average molecular weight is 352 g/mol. The number of alkyl halides is 1. The summed E-state index contributed by atoms with van der Waals surface area (Å²) in [6.45, 7) is 3.03. The number of rotatable bonds is 9. The van der Waals surface area contributed by atoms with Crippen LogP contribution in [0, 0.1) is 0 Å². The Morgan fingerprint density at radius 1 is 1.10 bits per heavy atom. The van der Waals surface area contributed by atoms with Crippen molar-refractivity contribution in [1.82, 2.24) is 0 Å². The summed E-state index contributed by atoms with van der Waals surface area (Å²) in [7, 11) is 0. The molecule has 2 rings (SSSR count). The Hall–Kier alpha value is -0.830. The molecule has 0 fully saturated rings. The summed E-state index contributed by atoms with van der Waals surface area (Å²) in [6.07, 6.45) is 9.00. The Balaban J connectivity index is 1.79. The van der Waals surface area contributed by atoms with E-state index < -0.39 is 0 Å². The van der Waals surface area contributed by atoms with Crippen LogP contribution in [0.3, 0.4) is 0 Å². The molecule has 1 aliphatic heterocycles. The van der Waals surface area contributed by atoms with Crippen molar-refractivity contribution >= 4 is 21.8 Å². The summed E-state index contributed by atoms with van der Waals surface area (Å²) in [4.78, 5) is 4.62. The normalized spacial score (nSPS) is 21.1. The third-order valence-electron chi connectivity index (χ3n) is 4.07. The average Bonchev–Trinajstić information content (AvgIpc) is 2.97. The molecule has 0 aromatic heterocycles. The first-order valence-electron chi connectivity index (χ1n) is 8.14. The van der Waals surface area contributed by atoms with Gasteiger partial charge in [-0.3, -0.25) is 0 Å². The van der Waals surface area contributed by atoms with Gasteiger partial charge >= 0.3 is 0 Å². The Kier molecular flexibility index (Phi) is 6.75. The van der Waals surface area contributed by atoms with Crippen molar-refractivity contribution in [3.05, 3.63) is 35.9 Å². The van der Waals surface area contributed by atoms with Crippen LogP contribution in [0.5, 0.6) is 0 Å². The largest absolute Gasteiger partial charge is 0.468 e. The molecule has 0 spiro atoms. The van der Waals surface area contributed by atoms with Crippen LogP contribution in [0.25, 0.3) is 0 Å². The van der Waals surface area contributed by atoms with Crippen molar-refractivity contribution in [2.45, 2.75) is 57.5 Å². The topological polar surface area (TPSA) is 21.6 Å². The van der Waals surface area contributed by atoms with Gasteiger partial charge in [-0.05, 0) is 25.0 Å². The van der Waals surface area contributed by atoms with Gasteiger partial charge in [-0.15, -0.1) is 0 Å². The van der Waals surface area contributed by atoms with Gasteiger partial charge in [0, 0.05) is 10.9 Å². The van der Waals surface area contributed by atoms with Crippen LogP contribution >= 0.6 is 15.9 Å². The highest BCUT2D eigenvalue weighted by molar-refractivity contribution is 9.09. The summed E-state index contributed by atoms with van der Waals surface area (Å²) in [5, 5.41) is 0.856. The quantitative estimate of drug-likeness (QED) is 0.434. The lowest BCUT2D eigenvalue weighted by atomic mass is 9.98. The van der Waals surface area contributed by atoms with E-state index in [1.54, 1.807) is 0 Å². The third kappa shape index (κ3) is 4.84. The molecule has 0 radical (unpaired) electrons. The molecule has 116 valence electrons. The predicted molar refractivity (Wildman–Crippen MR) is 93.4 cm³/mol. The van der Waals surface area contributed by atoms with Crippen molar-refractivity contribution in [1.29, 1.82) is 0 Å². The molecule has 1 aliphatic rings. The van der Waals surface area contributed by atoms with E-state index >= 15 is 0 Å². The maximum Gasteiger partial charge on any atom is 0.216 e. The fourth-order valence-corrected chi connectivity index (χ4v) is 3.28. The van der Waals surface area contributed by atoms with Crippen molar-refractivity contribution in [3.63, 3.8) is 0 Å². The second-order valence-corrected chi connectivity index (χ2v) is 6.48. The molecule has 1 aromatic rings. The Bertz CT molecular complexity index is 446. The van der Waals surface area contributed by atoms with Crippen LogP contribution in [0.1, 0.15) is 57.4 Å². The van der Waals surface area contributed by atoms with Crippen LogP contribution in [0.15, 0.2) is 35.3 Å². The van der Waals surface area contributed by atoms with Gasteiger partial charge in [0.25, 0.3) is 0 Å². The van der Waals surface area contributed by atoms with Gasteiger partial charge in [-0.2, -0.15) is 0 Å². The molecule has 0 saturated carbocycles. The molecular formula is C18H26BrNO. The Labute approximate surface area is 137 Å². The van der Waals surface area contributed by atoms with E-state index in [4.69, 9.17) is 4.74 Å². The molecule has 21 heavy (non-hydrogen) atoms. The minimum absolute atomic E-state index is 0.129. The first-order chi connectivity index (χ1) is 10.3. The number of halogens is 1. The number of aliphatic imine (C=N–C) groups is 1. The molecule has 2 nitrogen and oxygen atoms in total. The van der Waals surface area contributed by atoms with Crippen LogP contribution in [0.4, 0.5) is 0 Å². The molecule has 0 unspecified atom stereocenters. The summed E-state index contributed by atoms with van der Waals surface area (Å²) in [6, 6.07) is 10.2. The lowest BCUT2D eigenvalue weighted by molar-refractivity contribution is 0.102. The molecule has 1 heterocycles. The maximum absolute atomic E-state index is 6.22. The zero-order valence-electron chi connectivity index (χ0n) is 13.0. The van der Waals surface area contributed by atoms with E-state index in [9.17, 15) is 0 Å². The van der Waals surface area contributed by atoms with Crippen molar-refractivity contribution in [3.8, 4) is 0 Å². The van der Waals surface area contributed by atoms with E-state index in [0.717, 1.165) is 29.8 Å². The van der Waals surface area contributed by atoms with Gasteiger partial charge < -0.3 is 4.74 Å². The molecule has 1 aromatic carbocycles. The molecule has 0 aliphatic carbocycles. The molecular weight excluding hydrogens is 326 g/mol. The SMILES string of the molecule is CCCCCCCC[C@]1(CBr)CN=C(c2ccccc2)O1. The second-order valence-electron chi connectivity index (χ2n) is 5.92. The predicted octanol–water partition coefficient (Wildman–Crippen LogP) is 5.35. The number of nitrogens with zero attached hydrogens (tertiary/aromatic N) is 1. The van der Waals surface area contributed by atoms with E-state index in [-0.39, 0.29) is 5.60 Å². The highest BCUT2D eigenvalue weighted by atomic mass is 79.9. The Morgan fingerprint density at radius 2 is 1.81 bits per heavy atom. The standard InChI is InChI=1S/C18H26BrNO/c1-2-3-4-5-6-10-13-18(14-19)15-20-17(21-18)16-11-8-7-9-12-16/h7-9,11-12H,2-6,10,13-15H2,1H3/t18-/m0/s1. The number of hydrogen-bond acceptors (Lipinski definition) is 2. The van der Waals surface area contributed by atoms with Crippen molar-refractivity contribution in [2.75, 3.05) is 11.9 Å². The highest BCUT2D eigenvalue weighted by Gasteiger charge is 2.36. The van der Waals surface area contributed by atoms with Crippen LogP contribution in [0.2, 0.25) is 0 Å². The Morgan fingerprint density at radius 3 is 2.52 bits per heavy atom. The molecule has 1 atom stereocenters. The summed E-state index contributed by atoms with van der Waals surface area (Å²) >= 11 is 3.63. The zero-order chi connectivity index (χ0) is 15.0. The fraction of sp³-hybridized carbons (Fsp3) is 0.611.